The average Bonchev–Trinajstić information content (AvgIpc) is 2.46. The van der Waals surface area contributed by atoms with Crippen LogP contribution in [0.5, 0.6) is 0 Å². The molecular formula is C17H21NO. The molecule has 2 heteroatoms. The van der Waals surface area contributed by atoms with Gasteiger partial charge in [-0.15, -0.1) is 0 Å². The van der Waals surface area contributed by atoms with Crippen LogP contribution in [0.2, 0.25) is 0 Å². The Bertz CT molecular complexity index is 502. The lowest BCUT2D eigenvalue weighted by Crippen LogP contribution is -2.15. The SMILES string of the molecule is Cc1ccc(C(CN)Cc2ccc(CO)cc2)cc1. The molecule has 0 aromatic heterocycles. The third kappa shape index (κ3) is 3.66. The van der Waals surface area contributed by atoms with Gasteiger partial charge in [0.15, 0.2) is 0 Å². The zero-order valence-corrected chi connectivity index (χ0v) is 11.3. The minimum atomic E-state index is 0.0958. The highest BCUT2D eigenvalue weighted by Crippen LogP contribution is 2.20. The number of aliphatic hydroxyl groups excluding tert-OH is 1. The van der Waals surface area contributed by atoms with Crippen molar-refractivity contribution in [1.82, 2.24) is 0 Å². The molecule has 0 aliphatic rings. The number of aryl methyl sites for hydroxylation is 1. The van der Waals surface area contributed by atoms with Crippen molar-refractivity contribution < 1.29 is 5.11 Å². The van der Waals surface area contributed by atoms with E-state index in [1.54, 1.807) is 0 Å². The second-order valence-electron chi connectivity index (χ2n) is 5.02. The second kappa shape index (κ2) is 6.50. The monoisotopic (exact) mass is 255 g/mol. The van der Waals surface area contributed by atoms with Gasteiger partial charge in [-0.25, -0.2) is 0 Å². The van der Waals surface area contributed by atoms with Crippen molar-refractivity contribution >= 4 is 0 Å². The van der Waals surface area contributed by atoms with Gasteiger partial charge in [0.1, 0.15) is 0 Å². The Hall–Kier alpha value is -1.64. The number of benzene rings is 2. The Morgan fingerprint density at radius 3 is 2.05 bits per heavy atom. The zero-order chi connectivity index (χ0) is 13.7. The minimum absolute atomic E-state index is 0.0958. The Morgan fingerprint density at radius 1 is 0.947 bits per heavy atom. The smallest absolute Gasteiger partial charge is 0.0681 e. The highest BCUT2D eigenvalue weighted by molar-refractivity contribution is 5.28. The summed E-state index contributed by atoms with van der Waals surface area (Å²) in [5.41, 5.74) is 10.7. The molecule has 2 nitrogen and oxygen atoms in total. The molecule has 2 aromatic carbocycles. The van der Waals surface area contributed by atoms with E-state index < -0.39 is 0 Å². The average molecular weight is 255 g/mol. The van der Waals surface area contributed by atoms with Gasteiger partial charge >= 0.3 is 0 Å². The van der Waals surface area contributed by atoms with Crippen LogP contribution < -0.4 is 5.73 Å². The largest absolute Gasteiger partial charge is 0.392 e. The van der Waals surface area contributed by atoms with E-state index in [9.17, 15) is 0 Å². The third-order valence-corrected chi connectivity index (χ3v) is 3.52. The van der Waals surface area contributed by atoms with Gasteiger partial charge in [0, 0.05) is 5.92 Å². The van der Waals surface area contributed by atoms with Crippen molar-refractivity contribution in [2.24, 2.45) is 5.73 Å². The summed E-state index contributed by atoms with van der Waals surface area (Å²) in [5, 5.41) is 9.04. The van der Waals surface area contributed by atoms with Crippen molar-refractivity contribution in [3.05, 3.63) is 70.8 Å². The third-order valence-electron chi connectivity index (χ3n) is 3.52. The normalized spacial score (nSPS) is 12.4. The standard InChI is InChI=1S/C17H21NO/c1-13-2-8-16(9-3-13)17(11-18)10-14-4-6-15(12-19)7-5-14/h2-9,17,19H,10-12,18H2,1H3. The fraction of sp³-hybridized carbons (Fsp3) is 0.294. The summed E-state index contributed by atoms with van der Waals surface area (Å²) < 4.78 is 0. The van der Waals surface area contributed by atoms with Crippen LogP contribution in [-0.4, -0.2) is 11.7 Å². The Labute approximate surface area is 114 Å². The first-order valence-electron chi connectivity index (χ1n) is 6.68. The van der Waals surface area contributed by atoms with Crippen molar-refractivity contribution in [2.45, 2.75) is 25.9 Å². The minimum Gasteiger partial charge on any atom is -0.392 e. The molecule has 2 aromatic rings. The first-order chi connectivity index (χ1) is 9.22. The molecule has 2 rings (SSSR count). The van der Waals surface area contributed by atoms with Gasteiger partial charge < -0.3 is 10.8 Å². The molecule has 0 bridgehead atoms. The predicted octanol–water partition coefficient (Wildman–Crippen LogP) is 2.77. The molecule has 0 aliphatic carbocycles. The molecule has 0 fully saturated rings. The Balaban J connectivity index is 2.11. The fourth-order valence-corrected chi connectivity index (χ4v) is 2.24. The van der Waals surface area contributed by atoms with Crippen molar-refractivity contribution in [2.75, 3.05) is 6.54 Å². The molecule has 0 heterocycles. The van der Waals surface area contributed by atoms with Crippen molar-refractivity contribution in [3.8, 4) is 0 Å². The molecule has 1 unspecified atom stereocenters. The Morgan fingerprint density at radius 2 is 1.53 bits per heavy atom. The van der Waals surface area contributed by atoms with Gasteiger partial charge in [0.05, 0.1) is 6.61 Å². The lowest BCUT2D eigenvalue weighted by atomic mass is 9.91. The van der Waals surface area contributed by atoms with Crippen molar-refractivity contribution in [1.29, 1.82) is 0 Å². The first kappa shape index (κ1) is 13.8. The zero-order valence-electron chi connectivity index (χ0n) is 11.3. The summed E-state index contributed by atoms with van der Waals surface area (Å²) in [4.78, 5) is 0. The van der Waals surface area contributed by atoms with E-state index in [0.717, 1.165) is 12.0 Å². The topological polar surface area (TPSA) is 46.2 Å². The van der Waals surface area contributed by atoms with E-state index in [4.69, 9.17) is 10.8 Å². The van der Waals surface area contributed by atoms with E-state index >= 15 is 0 Å². The van der Waals surface area contributed by atoms with E-state index in [1.165, 1.54) is 16.7 Å². The molecule has 0 spiro atoms. The quantitative estimate of drug-likeness (QED) is 0.863. The van der Waals surface area contributed by atoms with E-state index in [1.807, 2.05) is 12.1 Å². The van der Waals surface area contributed by atoms with E-state index in [0.29, 0.717) is 12.5 Å². The molecule has 1 atom stereocenters. The van der Waals surface area contributed by atoms with Gasteiger partial charge in [0.25, 0.3) is 0 Å². The van der Waals surface area contributed by atoms with Crippen LogP contribution in [0.25, 0.3) is 0 Å². The highest BCUT2D eigenvalue weighted by Gasteiger charge is 2.10. The van der Waals surface area contributed by atoms with Crippen LogP contribution >= 0.6 is 0 Å². The maximum absolute atomic E-state index is 9.04. The lowest BCUT2D eigenvalue weighted by molar-refractivity contribution is 0.282. The molecular weight excluding hydrogens is 234 g/mol. The molecule has 0 amide bonds. The van der Waals surface area contributed by atoms with Gasteiger partial charge in [-0.1, -0.05) is 54.1 Å². The molecule has 0 radical (unpaired) electrons. The predicted molar refractivity (Wildman–Crippen MR) is 79.0 cm³/mol. The van der Waals surface area contributed by atoms with Crippen LogP contribution in [0.15, 0.2) is 48.5 Å². The first-order valence-corrected chi connectivity index (χ1v) is 6.68. The summed E-state index contributed by atoms with van der Waals surface area (Å²) in [6.07, 6.45) is 0.936. The molecule has 0 saturated carbocycles. The highest BCUT2D eigenvalue weighted by atomic mass is 16.3. The summed E-state index contributed by atoms with van der Waals surface area (Å²) in [6.45, 7) is 2.83. The van der Waals surface area contributed by atoms with Crippen LogP contribution in [0.1, 0.15) is 28.2 Å². The van der Waals surface area contributed by atoms with Gasteiger partial charge in [0.2, 0.25) is 0 Å². The maximum atomic E-state index is 9.04. The Kier molecular flexibility index (Phi) is 4.72. The second-order valence-corrected chi connectivity index (χ2v) is 5.02. The molecule has 3 N–H and O–H groups in total. The molecule has 0 aliphatic heterocycles. The van der Waals surface area contributed by atoms with Crippen molar-refractivity contribution in [3.63, 3.8) is 0 Å². The van der Waals surface area contributed by atoms with Crippen LogP contribution in [-0.2, 0) is 13.0 Å². The molecule has 0 saturated heterocycles. The number of hydrogen-bond donors (Lipinski definition) is 2. The number of nitrogens with two attached hydrogens (primary N) is 1. The van der Waals surface area contributed by atoms with Crippen LogP contribution in [0.4, 0.5) is 0 Å². The summed E-state index contributed by atoms with van der Waals surface area (Å²) in [6, 6.07) is 16.7. The van der Waals surface area contributed by atoms with Gasteiger partial charge in [-0.2, -0.15) is 0 Å². The van der Waals surface area contributed by atoms with Gasteiger partial charge in [-0.05, 0) is 36.6 Å². The molecule has 19 heavy (non-hydrogen) atoms. The van der Waals surface area contributed by atoms with Gasteiger partial charge in [-0.3, -0.25) is 0 Å². The molecule has 100 valence electrons. The summed E-state index contributed by atoms with van der Waals surface area (Å²) in [7, 11) is 0. The van der Waals surface area contributed by atoms with E-state index in [-0.39, 0.29) is 6.61 Å². The summed E-state index contributed by atoms with van der Waals surface area (Å²) in [5.74, 6) is 0.348. The van der Waals surface area contributed by atoms with Crippen LogP contribution in [0.3, 0.4) is 0 Å². The summed E-state index contributed by atoms with van der Waals surface area (Å²) >= 11 is 0. The number of hydrogen-bond acceptors (Lipinski definition) is 2. The van der Waals surface area contributed by atoms with Crippen LogP contribution in [0, 0.1) is 6.92 Å². The fourth-order valence-electron chi connectivity index (χ4n) is 2.24. The number of rotatable bonds is 5. The lowest BCUT2D eigenvalue weighted by Gasteiger charge is -2.16. The number of aliphatic hydroxyl groups is 1. The maximum Gasteiger partial charge on any atom is 0.0681 e. The van der Waals surface area contributed by atoms with E-state index in [2.05, 4.69) is 43.3 Å².